The molecule has 5 nitrogen and oxygen atoms in total. The third-order valence-electron chi connectivity index (χ3n) is 3.62. The minimum absolute atomic E-state index is 0.00221. The van der Waals surface area contributed by atoms with E-state index in [9.17, 15) is 9.50 Å². The second kappa shape index (κ2) is 6.76. The van der Waals surface area contributed by atoms with E-state index in [0.717, 1.165) is 26.2 Å². The molecule has 2 rings (SSSR count). The number of piperazine rings is 1. The molecule has 6 heteroatoms. The van der Waals surface area contributed by atoms with E-state index in [1.807, 2.05) is 4.90 Å². The van der Waals surface area contributed by atoms with Gasteiger partial charge >= 0.3 is 0 Å². The van der Waals surface area contributed by atoms with E-state index < -0.39 is 12.7 Å². The van der Waals surface area contributed by atoms with Crippen LogP contribution in [0.25, 0.3) is 0 Å². The van der Waals surface area contributed by atoms with Gasteiger partial charge in [0.2, 0.25) is 0 Å². The number of aromatic hydroxyl groups is 1. The van der Waals surface area contributed by atoms with Crippen molar-refractivity contribution in [3.63, 3.8) is 0 Å². The molecule has 1 aliphatic rings. The summed E-state index contributed by atoms with van der Waals surface area (Å²) >= 11 is 0. The fourth-order valence-corrected chi connectivity index (χ4v) is 2.56. The van der Waals surface area contributed by atoms with Crippen LogP contribution in [0.1, 0.15) is 11.6 Å². The highest BCUT2D eigenvalue weighted by Crippen LogP contribution is 2.40. The molecule has 20 heavy (non-hydrogen) atoms. The molecule has 1 aromatic rings. The zero-order chi connectivity index (χ0) is 14.5. The van der Waals surface area contributed by atoms with Crippen LogP contribution in [0, 0.1) is 0 Å². The molecule has 0 bridgehead atoms. The van der Waals surface area contributed by atoms with Gasteiger partial charge in [-0.2, -0.15) is 0 Å². The van der Waals surface area contributed by atoms with Crippen LogP contribution in [0.3, 0.4) is 0 Å². The fraction of sp³-hybridized carbons (Fsp3) is 0.571. The van der Waals surface area contributed by atoms with Gasteiger partial charge in [-0.25, -0.2) is 4.39 Å². The molecule has 0 saturated carbocycles. The molecule has 1 fully saturated rings. The summed E-state index contributed by atoms with van der Waals surface area (Å²) in [5.41, 5.74) is 0.484. The van der Waals surface area contributed by atoms with Crippen molar-refractivity contribution in [1.82, 2.24) is 10.2 Å². The van der Waals surface area contributed by atoms with E-state index in [4.69, 9.17) is 9.47 Å². The lowest BCUT2D eigenvalue weighted by Gasteiger charge is -2.34. The number of phenols is 1. The molecule has 0 aliphatic carbocycles. The lowest BCUT2D eigenvalue weighted by molar-refractivity contribution is 0.142. The molecule has 112 valence electrons. The summed E-state index contributed by atoms with van der Waals surface area (Å²) in [4.78, 5) is 2.01. The Balaban J connectivity index is 2.37. The zero-order valence-corrected chi connectivity index (χ0v) is 11.9. The number of halogens is 1. The first-order valence-electron chi connectivity index (χ1n) is 6.66. The Bertz CT molecular complexity index is 450. The number of ether oxygens (including phenoxy) is 2. The number of alkyl halides is 1. The second-order valence-corrected chi connectivity index (χ2v) is 4.72. The van der Waals surface area contributed by atoms with Gasteiger partial charge in [0.15, 0.2) is 0 Å². The lowest BCUT2D eigenvalue weighted by Crippen LogP contribution is -2.45. The van der Waals surface area contributed by atoms with Gasteiger partial charge in [-0.1, -0.05) is 0 Å². The van der Waals surface area contributed by atoms with E-state index in [2.05, 4.69) is 5.32 Å². The van der Waals surface area contributed by atoms with Crippen LogP contribution in [0.2, 0.25) is 0 Å². The van der Waals surface area contributed by atoms with Gasteiger partial charge in [0.25, 0.3) is 0 Å². The quantitative estimate of drug-likeness (QED) is 0.854. The van der Waals surface area contributed by atoms with Crippen molar-refractivity contribution in [1.29, 1.82) is 0 Å². The molecule has 0 unspecified atom stereocenters. The van der Waals surface area contributed by atoms with Gasteiger partial charge in [-0.05, 0) is 0 Å². The number of phenolic OH excluding ortho intramolecular Hbond substituents is 1. The second-order valence-electron chi connectivity index (χ2n) is 4.72. The fourth-order valence-electron chi connectivity index (χ4n) is 2.56. The molecule has 0 radical (unpaired) electrons. The summed E-state index contributed by atoms with van der Waals surface area (Å²) in [6.45, 7) is 2.54. The zero-order valence-electron chi connectivity index (χ0n) is 11.9. The summed E-state index contributed by atoms with van der Waals surface area (Å²) in [6.07, 6.45) is 0. The number of nitrogens with zero attached hydrogens (tertiary/aromatic N) is 1. The Morgan fingerprint density at radius 2 is 2.00 bits per heavy atom. The maximum Gasteiger partial charge on any atom is 0.131 e. The summed E-state index contributed by atoms with van der Waals surface area (Å²) in [5.74, 6) is 0.937. The van der Waals surface area contributed by atoms with Gasteiger partial charge < -0.3 is 19.9 Å². The standard InChI is InChI=1S/C14H21FN2O3/c1-19-10-7-12(18)14(13(8-10)20-2)11(9-15)17-5-3-16-4-6-17/h7-8,11,16,18H,3-6,9H2,1-2H3/t11-/m0/s1. The van der Waals surface area contributed by atoms with Gasteiger partial charge in [0, 0.05) is 38.3 Å². The number of nitrogens with one attached hydrogen (secondary N) is 1. The Kier molecular flexibility index (Phi) is 5.03. The molecule has 1 aromatic carbocycles. The van der Waals surface area contributed by atoms with Crippen LogP contribution in [0.15, 0.2) is 12.1 Å². The summed E-state index contributed by atoms with van der Waals surface area (Å²) in [6, 6.07) is 2.65. The molecule has 0 amide bonds. The Morgan fingerprint density at radius 1 is 1.30 bits per heavy atom. The number of methoxy groups -OCH3 is 2. The average Bonchev–Trinajstić information content (AvgIpc) is 2.50. The Labute approximate surface area is 118 Å². The summed E-state index contributed by atoms with van der Waals surface area (Å²) in [5, 5.41) is 13.4. The third-order valence-corrected chi connectivity index (χ3v) is 3.62. The van der Waals surface area contributed by atoms with Gasteiger partial charge in [0.05, 0.1) is 25.8 Å². The van der Waals surface area contributed by atoms with Crippen LogP contribution in [-0.2, 0) is 0 Å². The van der Waals surface area contributed by atoms with Gasteiger partial charge in [-0.3, -0.25) is 4.90 Å². The minimum atomic E-state index is -0.573. The third kappa shape index (κ3) is 2.96. The van der Waals surface area contributed by atoms with Crippen molar-refractivity contribution in [3.05, 3.63) is 17.7 Å². The summed E-state index contributed by atoms with van der Waals surface area (Å²) in [7, 11) is 3.02. The van der Waals surface area contributed by atoms with Crippen molar-refractivity contribution in [2.45, 2.75) is 6.04 Å². The van der Waals surface area contributed by atoms with E-state index in [1.165, 1.54) is 20.3 Å². The minimum Gasteiger partial charge on any atom is -0.507 e. The largest absolute Gasteiger partial charge is 0.507 e. The van der Waals surface area contributed by atoms with Crippen LogP contribution >= 0.6 is 0 Å². The van der Waals surface area contributed by atoms with Crippen LogP contribution in [0.4, 0.5) is 4.39 Å². The van der Waals surface area contributed by atoms with Crippen LogP contribution in [-0.4, -0.2) is 57.1 Å². The maximum atomic E-state index is 13.5. The average molecular weight is 284 g/mol. The lowest BCUT2D eigenvalue weighted by atomic mass is 10.0. The van der Waals surface area contributed by atoms with Gasteiger partial charge in [-0.15, -0.1) is 0 Å². The number of hydrogen-bond acceptors (Lipinski definition) is 5. The first-order valence-corrected chi connectivity index (χ1v) is 6.66. The first kappa shape index (κ1) is 14.9. The van der Waals surface area contributed by atoms with Crippen molar-refractivity contribution >= 4 is 0 Å². The topological polar surface area (TPSA) is 54.0 Å². The van der Waals surface area contributed by atoms with Crippen molar-refractivity contribution in [3.8, 4) is 17.2 Å². The van der Waals surface area contributed by atoms with E-state index >= 15 is 0 Å². The highest BCUT2D eigenvalue weighted by Gasteiger charge is 2.28. The number of benzene rings is 1. The Hall–Kier alpha value is -1.53. The molecule has 1 atom stereocenters. The predicted octanol–water partition coefficient (Wildman–Crippen LogP) is 1.33. The molecular weight excluding hydrogens is 263 g/mol. The molecule has 2 N–H and O–H groups in total. The number of hydrogen-bond donors (Lipinski definition) is 2. The molecule has 0 aromatic heterocycles. The van der Waals surface area contributed by atoms with Crippen LogP contribution < -0.4 is 14.8 Å². The van der Waals surface area contributed by atoms with E-state index in [0.29, 0.717) is 17.1 Å². The smallest absolute Gasteiger partial charge is 0.131 e. The molecule has 0 spiro atoms. The van der Waals surface area contributed by atoms with E-state index in [-0.39, 0.29) is 5.75 Å². The first-order chi connectivity index (χ1) is 9.71. The van der Waals surface area contributed by atoms with Gasteiger partial charge in [0.1, 0.15) is 23.9 Å². The maximum absolute atomic E-state index is 13.5. The molecule has 1 aliphatic heterocycles. The molecule has 1 saturated heterocycles. The Morgan fingerprint density at radius 3 is 2.55 bits per heavy atom. The van der Waals surface area contributed by atoms with Crippen LogP contribution in [0.5, 0.6) is 17.2 Å². The number of rotatable bonds is 5. The van der Waals surface area contributed by atoms with Crippen molar-refractivity contribution in [2.75, 3.05) is 47.1 Å². The molecular formula is C14H21FN2O3. The monoisotopic (exact) mass is 284 g/mol. The predicted molar refractivity (Wildman–Crippen MR) is 74.4 cm³/mol. The molecule has 1 heterocycles. The summed E-state index contributed by atoms with van der Waals surface area (Å²) < 4.78 is 23.9. The normalized spacial score (nSPS) is 17.8. The van der Waals surface area contributed by atoms with E-state index in [1.54, 1.807) is 6.07 Å². The highest BCUT2D eigenvalue weighted by molar-refractivity contribution is 5.51. The van der Waals surface area contributed by atoms with Crippen molar-refractivity contribution < 1.29 is 19.0 Å². The van der Waals surface area contributed by atoms with Crippen molar-refractivity contribution in [2.24, 2.45) is 0 Å². The SMILES string of the molecule is COc1cc(O)c([C@H](CF)N2CCNCC2)c(OC)c1. The highest BCUT2D eigenvalue weighted by atomic mass is 19.1.